The van der Waals surface area contributed by atoms with Crippen LogP contribution in [-0.2, 0) is 16.8 Å². The summed E-state index contributed by atoms with van der Waals surface area (Å²) in [5.41, 5.74) is 15.1. The Morgan fingerprint density at radius 3 is 1.04 bits per heavy atom. The molecule has 1 aromatic heterocycles. The van der Waals surface area contributed by atoms with Gasteiger partial charge in [-0.1, -0.05) is 158 Å². The number of aryl methyl sites for hydroxylation is 2. The molecule has 0 aliphatic rings. The fourth-order valence-corrected chi connectivity index (χ4v) is 6.34. The SMILES string of the molecule is Cc1cc(C(C)C)c(N=C(c2ccccc2)c2cccc(C(=Nc3c(C(C)C)cc(C)cc3C(C)C)c3ccccc3)n2)c(C(C)C)c1.[Co]. The molecule has 0 fully saturated rings. The zero-order valence-electron chi connectivity index (χ0n) is 30.8. The molecule has 0 aliphatic heterocycles. The van der Waals surface area contributed by atoms with Gasteiger partial charge >= 0.3 is 0 Å². The minimum absolute atomic E-state index is 0. The van der Waals surface area contributed by atoms with E-state index in [2.05, 4.69) is 172 Å². The number of nitrogens with zero attached hydrogens (tertiary/aromatic N) is 3. The fraction of sp³-hybridized carbons (Fsp3) is 0.311. The van der Waals surface area contributed by atoms with Crippen LogP contribution in [0, 0.1) is 13.8 Å². The summed E-state index contributed by atoms with van der Waals surface area (Å²) in [6.07, 6.45) is 0. The average Bonchev–Trinajstić information content (AvgIpc) is 3.07. The molecule has 0 unspecified atom stereocenters. The van der Waals surface area contributed by atoms with Gasteiger partial charge in [-0.3, -0.25) is 0 Å². The van der Waals surface area contributed by atoms with Crippen LogP contribution in [0.3, 0.4) is 0 Å². The zero-order valence-corrected chi connectivity index (χ0v) is 31.8. The van der Waals surface area contributed by atoms with Gasteiger partial charge in [-0.2, -0.15) is 0 Å². The summed E-state index contributed by atoms with van der Waals surface area (Å²) >= 11 is 0. The maximum atomic E-state index is 5.54. The van der Waals surface area contributed by atoms with Crippen molar-refractivity contribution in [1.29, 1.82) is 0 Å². The minimum atomic E-state index is 0. The monoisotopic (exact) mass is 692 g/mol. The van der Waals surface area contributed by atoms with E-state index in [4.69, 9.17) is 15.0 Å². The molecule has 0 bridgehead atoms. The summed E-state index contributed by atoms with van der Waals surface area (Å²) in [7, 11) is 0. The van der Waals surface area contributed by atoms with Gasteiger partial charge in [0.1, 0.15) is 0 Å². The molecule has 3 nitrogen and oxygen atoms in total. The number of aromatic nitrogens is 1. The number of pyridine rings is 1. The molecular formula is C45H51CoN3. The smallest absolute Gasteiger partial charge is 0.0966 e. The molecule has 0 amide bonds. The molecule has 0 atom stereocenters. The Bertz CT molecular complexity index is 1740. The van der Waals surface area contributed by atoms with E-state index in [0.29, 0.717) is 23.7 Å². The first-order valence-corrected chi connectivity index (χ1v) is 17.5. The summed E-state index contributed by atoms with van der Waals surface area (Å²) in [4.78, 5) is 16.5. The molecule has 49 heavy (non-hydrogen) atoms. The van der Waals surface area contributed by atoms with Gasteiger partial charge in [0.2, 0.25) is 0 Å². The van der Waals surface area contributed by atoms with Gasteiger partial charge < -0.3 is 0 Å². The summed E-state index contributed by atoms with van der Waals surface area (Å²) in [5, 5.41) is 0. The molecule has 1 radical (unpaired) electrons. The molecule has 5 aromatic rings. The van der Waals surface area contributed by atoms with Crippen molar-refractivity contribution in [3.05, 3.63) is 159 Å². The van der Waals surface area contributed by atoms with Crippen LogP contribution < -0.4 is 0 Å². The molecule has 0 saturated heterocycles. The number of hydrogen-bond donors (Lipinski definition) is 0. The van der Waals surface area contributed by atoms with Crippen LogP contribution in [0.4, 0.5) is 11.4 Å². The Hall–Kier alpha value is -4.12. The number of benzene rings is 4. The summed E-state index contributed by atoms with van der Waals surface area (Å²) < 4.78 is 0. The third-order valence-electron chi connectivity index (χ3n) is 8.89. The molecule has 0 saturated carbocycles. The molecule has 0 aliphatic carbocycles. The molecule has 5 rings (SSSR count). The van der Waals surface area contributed by atoms with E-state index in [1.165, 1.54) is 33.4 Å². The van der Waals surface area contributed by atoms with Gasteiger partial charge in [0.05, 0.1) is 34.2 Å². The number of rotatable bonds is 10. The van der Waals surface area contributed by atoms with Crippen molar-refractivity contribution in [3.63, 3.8) is 0 Å². The van der Waals surface area contributed by atoms with Gasteiger partial charge in [-0.05, 0) is 71.9 Å². The Labute approximate surface area is 305 Å². The van der Waals surface area contributed by atoms with E-state index in [9.17, 15) is 0 Å². The molecular weight excluding hydrogens is 641 g/mol. The quantitative estimate of drug-likeness (QED) is 0.134. The molecule has 4 aromatic carbocycles. The fourth-order valence-electron chi connectivity index (χ4n) is 6.34. The second kappa shape index (κ2) is 16.5. The first kappa shape index (κ1) is 37.7. The third kappa shape index (κ3) is 8.73. The summed E-state index contributed by atoms with van der Waals surface area (Å²) in [6, 6.07) is 36.4. The molecule has 255 valence electrons. The van der Waals surface area contributed by atoms with Crippen LogP contribution in [0.25, 0.3) is 0 Å². The van der Waals surface area contributed by atoms with E-state index >= 15 is 0 Å². The molecule has 4 heteroatoms. The van der Waals surface area contributed by atoms with Gasteiger partial charge in [0.15, 0.2) is 0 Å². The Balaban J connectivity index is 0.00000541. The van der Waals surface area contributed by atoms with Gasteiger partial charge in [0, 0.05) is 27.9 Å². The van der Waals surface area contributed by atoms with Crippen molar-refractivity contribution in [2.24, 2.45) is 9.98 Å². The first-order valence-electron chi connectivity index (χ1n) is 17.5. The predicted molar refractivity (Wildman–Crippen MR) is 206 cm³/mol. The second-order valence-electron chi connectivity index (χ2n) is 14.3. The van der Waals surface area contributed by atoms with E-state index in [1.807, 2.05) is 0 Å². The van der Waals surface area contributed by atoms with Crippen molar-refractivity contribution in [2.75, 3.05) is 0 Å². The predicted octanol–water partition coefficient (Wildman–Crippen LogP) is 12.5. The number of aliphatic imine (C=N–C) groups is 2. The Kier molecular flexibility index (Phi) is 12.7. The van der Waals surface area contributed by atoms with E-state index < -0.39 is 0 Å². The van der Waals surface area contributed by atoms with Crippen molar-refractivity contribution >= 4 is 22.8 Å². The topological polar surface area (TPSA) is 37.6 Å². The minimum Gasteiger partial charge on any atom is -0.246 e. The van der Waals surface area contributed by atoms with Crippen molar-refractivity contribution in [3.8, 4) is 0 Å². The van der Waals surface area contributed by atoms with Gasteiger partial charge in [-0.25, -0.2) is 15.0 Å². The average molecular weight is 693 g/mol. The van der Waals surface area contributed by atoms with E-state index in [-0.39, 0.29) is 16.8 Å². The van der Waals surface area contributed by atoms with Crippen molar-refractivity contribution in [2.45, 2.75) is 92.9 Å². The van der Waals surface area contributed by atoms with E-state index in [1.54, 1.807) is 0 Å². The van der Waals surface area contributed by atoms with E-state index in [0.717, 1.165) is 45.3 Å². The maximum absolute atomic E-state index is 5.54. The van der Waals surface area contributed by atoms with Crippen LogP contribution in [0.15, 0.2) is 113 Å². The third-order valence-corrected chi connectivity index (χ3v) is 8.89. The Morgan fingerprint density at radius 1 is 0.449 bits per heavy atom. The normalized spacial score (nSPS) is 12.3. The molecule has 0 spiro atoms. The van der Waals surface area contributed by atoms with Crippen molar-refractivity contribution in [1.82, 2.24) is 4.98 Å². The zero-order chi connectivity index (χ0) is 34.5. The van der Waals surface area contributed by atoms with Crippen LogP contribution in [0.2, 0.25) is 0 Å². The second-order valence-corrected chi connectivity index (χ2v) is 14.3. The summed E-state index contributed by atoms with van der Waals surface area (Å²) in [5.74, 6) is 1.31. The van der Waals surface area contributed by atoms with Crippen molar-refractivity contribution < 1.29 is 16.8 Å². The largest absolute Gasteiger partial charge is 0.246 e. The molecule has 0 N–H and O–H groups in total. The maximum Gasteiger partial charge on any atom is 0.0966 e. The standard InChI is InChI=1S/C45H51N3.Co/c1-28(2)36-24-32(9)25-37(29(3)4)44(36)47-42(34-18-13-11-14-19-34)40-22-17-23-41(46-40)43(35-20-15-12-16-21-35)48-45-38(30(5)6)26-33(10)27-39(45)31(7)8;/h11-31H,1-10H3;. The van der Waals surface area contributed by atoms with Crippen LogP contribution in [0.1, 0.15) is 135 Å². The van der Waals surface area contributed by atoms with Crippen LogP contribution >= 0.6 is 0 Å². The van der Waals surface area contributed by atoms with Crippen LogP contribution in [-0.4, -0.2) is 16.4 Å². The van der Waals surface area contributed by atoms with Crippen LogP contribution in [0.5, 0.6) is 0 Å². The summed E-state index contributed by atoms with van der Waals surface area (Å²) in [6.45, 7) is 22.4. The van der Waals surface area contributed by atoms with Gasteiger partial charge in [-0.15, -0.1) is 0 Å². The Morgan fingerprint density at radius 2 is 0.755 bits per heavy atom. The number of hydrogen-bond acceptors (Lipinski definition) is 3. The molecule has 1 heterocycles. The van der Waals surface area contributed by atoms with Gasteiger partial charge in [0.25, 0.3) is 0 Å². The first-order chi connectivity index (χ1) is 22.9.